The highest BCUT2D eigenvalue weighted by molar-refractivity contribution is 5.94. The minimum atomic E-state index is 0. The number of carbonyl (C=O) groups is 1. The van der Waals surface area contributed by atoms with Gasteiger partial charge in [0, 0.05) is 38.6 Å². The van der Waals surface area contributed by atoms with Crippen LogP contribution in [0.3, 0.4) is 0 Å². The van der Waals surface area contributed by atoms with Gasteiger partial charge in [-0.3, -0.25) is 9.78 Å². The van der Waals surface area contributed by atoms with Gasteiger partial charge in [-0.2, -0.15) is 0 Å². The topological polar surface area (TPSA) is 71.2 Å². The lowest BCUT2D eigenvalue weighted by Crippen LogP contribution is -2.38. The zero-order valence-electron chi connectivity index (χ0n) is 18.4. The third-order valence-corrected chi connectivity index (χ3v) is 5.76. The number of halogens is 3. The molecule has 1 fully saturated rings. The van der Waals surface area contributed by atoms with E-state index in [0.717, 1.165) is 37.2 Å². The van der Waals surface area contributed by atoms with Crippen LogP contribution in [-0.4, -0.2) is 28.9 Å². The van der Waals surface area contributed by atoms with Gasteiger partial charge in [0.25, 0.3) is 5.91 Å². The van der Waals surface area contributed by atoms with Crippen molar-refractivity contribution in [3.05, 3.63) is 95.3 Å². The van der Waals surface area contributed by atoms with Crippen molar-refractivity contribution < 1.29 is 4.79 Å². The minimum Gasteiger partial charge on any atom is -0.380 e. The number of amides is 1. The first-order chi connectivity index (χ1) is 14.7. The van der Waals surface area contributed by atoms with Crippen LogP contribution >= 0.6 is 37.2 Å². The molecule has 1 aromatic heterocycles. The van der Waals surface area contributed by atoms with E-state index in [1.807, 2.05) is 29.2 Å². The summed E-state index contributed by atoms with van der Waals surface area (Å²) in [6.45, 7) is 2.79. The fraction of sp³-hybridized carbons (Fsp3) is 0.280. The molecule has 0 aliphatic carbocycles. The Morgan fingerprint density at radius 2 is 1.64 bits per heavy atom. The molecule has 1 aliphatic heterocycles. The number of hydrogen-bond acceptors (Lipinski definition) is 4. The first kappa shape index (κ1) is 28.7. The second kappa shape index (κ2) is 14.1. The maximum Gasteiger partial charge on any atom is 0.255 e. The van der Waals surface area contributed by atoms with Crippen molar-refractivity contribution in [2.45, 2.75) is 31.8 Å². The normalized spacial score (nSPS) is 13.2. The molecular weight excluding hydrogens is 479 g/mol. The van der Waals surface area contributed by atoms with E-state index in [0.29, 0.717) is 24.6 Å². The number of aromatic nitrogens is 1. The first-order valence-electron chi connectivity index (χ1n) is 10.5. The van der Waals surface area contributed by atoms with Crippen LogP contribution in [0.25, 0.3) is 0 Å². The second-order valence-corrected chi connectivity index (χ2v) is 7.82. The maximum absolute atomic E-state index is 13.0. The van der Waals surface area contributed by atoms with Crippen LogP contribution in [0.4, 0.5) is 5.69 Å². The van der Waals surface area contributed by atoms with E-state index in [4.69, 9.17) is 5.73 Å². The van der Waals surface area contributed by atoms with Gasteiger partial charge in [-0.1, -0.05) is 54.6 Å². The fourth-order valence-electron chi connectivity index (χ4n) is 4.03. The Morgan fingerprint density at radius 3 is 2.33 bits per heavy atom. The van der Waals surface area contributed by atoms with Gasteiger partial charge in [0.15, 0.2) is 0 Å². The van der Waals surface area contributed by atoms with E-state index in [9.17, 15) is 4.79 Å². The molecule has 4 rings (SSSR count). The SMILES string of the molecule is Cl.Cl.Cl.NCc1cccc(C2CCN(C(=O)c3cncc(NCc4ccccc4)c3)CC2)c1. The summed E-state index contributed by atoms with van der Waals surface area (Å²) in [6.07, 6.45) is 5.36. The third kappa shape index (κ3) is 7.61. The molecule has 1 aliphatic rings. The molecule has 1 saturated heterocycles. The Hall–Kier alpha value is -2.31. The van der Waals surface area contributed by atoms with E-state index in [2.05, 4.69) is 46.7 Å². The average Bonchev–Trinajstić information content (AvgIpc) is 2.83. The maximum atomic E-state index is 13.0. The van der Waals surface area contributed by atoms with Crippen molar-refractivity contribution >= 4 is 48.8 Å². The molecule has 3 N–H and O–H groups in total. The quantitative estimate of drug-likeness (QED) is 0.464. The number of pyridine rings is 1. The largest absolute Gasteiger partial charge is 0.380 e. The smallest absolute Gasteiger partial charge is 0.255 e. The minimum absolute atomic E-state index is 0. The Balaban J connectivity index is 0.00000181. The molecule has 0 radical (unpaired) electrons. The van der Waals surface area contributed by atoms with Crippen molar-refractivity contribution in [2.75, 3.05) is 18.4 Å². The third-order valence-electron chi connectivity index (χ3n) is 5.76. The zero-order chi connectivity index (χ0) is 20.8. The predicted molar refractivity (Wildman–Crippen MR) is 142 cm³/mol. The molecule has 178 valence electrons. The van der Waals surface area contributed by atoms with Crippen LogP contribution in [-0.2, 0) is 13.1 Å². The number of hydrogen-bond donors (Lipinski definition) is 2. The average molecular weight is 510 g/mol. The van der Waals surface area contributed by atoms with Gasteiger partial charge in [-0.05, 0) is 41.5 Å². The lowest BCUT2D eigenvalue weighted by Gasteiger charge is -2.32. The number of anilines is 1. The number of carbonyl (C=O) groups excluding carboxylic acids is 1. The Labute approximate surface area is 214 Å². The molecule has 5 nitrogen and oxygen atoms in total. The molecular formula is C25H31Cl3N4O. The summed E-state index contributed by atoms with van der Waals surface area (Å²) >= 11 is 0. The van der Waals surface area contributed by atoms with Crippen LogP contribution in [0.2, 0.25) is 0 Å². The lowest BCUT2D eigenvalue weighted by molar-refractivity contribution is 0.0712. The van der Waals surface area contributed by atoms with E-state index in [-0.39, 0.29) is 43.1 Å². The number of rotatable bonds is 6. The van der Waals surface area contributed by atoms with Gasteiger partial charge in [-0.25, -0.2) is 0 Å². The summed E-state index contributed by atoms with van der Waals surface area (Å²) < 4.78 is 0. The predicted octanol–water partition coefficient (Wildman–Crippen LogP) is 5.44. The molecule has 8 heteroatoms. The molecule has 0 spiro atoms. The highest BCUT2D eigenvalue weighted by atomic mass is 35.5. The van der Waals surface area contributed by atoms with Crippen LogP contribution in [0.15, 0.2) is 73.1 Å². The molecule has 0 atom stereocenters. The monoisotopic (exact) mass is 508 g/mol. The van der Waals surface area contributed by atoms with E-state index in [1.54, 1.807) is 12.4 Å². The molecule has 3 aromatic rings. The van der Waals surface area contributed by atoms with Crippen molar-refractivity contribution in [3.63, 3.8) is 0 Å². The summed E-state index contributed by atoms with van der Waals surface area (Å²) in [6, 6.07) is 20.6. The lowest BCUT2D eigenvalue weighted by atomic mass is 9.88. The number of benzene rings is 2. The molecule has 0 bridgehead atoms. The number of piperidine rings is 1. The van der Waals surface area contributed by atoms with Crippen LogP contribution in [0.1, 0.15) is 45.8 Å². The first-order valence-corrected chi connectivity index (χ1v) is 10.5. The molecule has 0 saturated carbocycles. The second-order valence-electron chi connectivity index (χ2n) is 7.82. The zero-order valence-corrected chi connectivity index (χ0v) is 20.8. The fourth-order valence-corrected chi connectivity index (χ4v) is 4.03. The molecule has 2 aromatic carbocycles. The van der Waals surface area contributed by atoms with Crippen molar-refractivity contribution in [1.29, 1.82) is 0 Å². The van der Waals surface area contributed by atoms with Crippen LogP contribution < -0.4 is 11.1 Å². The van der Waals surface area contributed by atoms with Gasteiger partial charge in [0.05, 0.1) is 11.3 Å². The number of nitrogens with one attached hydrogen (secondary N) is 1. The number of likely N-dealkylation sites (tertiary alicyclic amines) is 1. The highest BCUT2D eigenvalue weighted by Gasteiger charge is 2.25. The number of nitrogens with two attached hydrogens (primary N) is 1. The van der Waals surface area contributed by atoms with Crippen molar-refractivity contribution in [2.24, 2.45) is 5.73 Å². The van der Waals surface area contributed by atoms with Crippen molar-refractivity contribution in [1.82, 2.24) is 9.88 Å². The molecule has 33 heavy (non-hydrogen) atoms. The van der Waals surface area contributed by atoms with E-state index < -0.39 is 0 Å². The van der Waals surface area contributed by atoms with Gasteiger partial charge in [0.2, 0.25) is 0 Å². The Morgan fingerprint density at radius 1 is 0.939 bits per heavy atom. The summed E-state index contributed by atoms with van der Waals surface area (Å²) in [7, 11) is 0. The Kier molecular flexibility index (Phi) is 12.2. The van der Waals surface area contributed by atoms with Gasteiger partial charge in [0.1, 0.15) is 0 Å². The van der Waals surface area contributed by atoms with Gasteiger partial charge in [-0.15, -0.1) is 37.2 Å². The molecule has 2 heterocycles. The van der Waals surface area contributed by atoms with Gasteiger partial charge < -0.3 is 16.0 Å². The van der Waals surface area contributed by atoms with Gasteiger partial charge >= 0.3 is 0 Å². The number of nitrogens with zero attached hydrogens (tertiary/aromatic N) is 2. The standard InChI is InChI=1S/C25H28N4O.3ClH/c26-15-20-7-4-8-22(13-20)21-9-11-29(12-10-21)25(30)23-14-24(18-27-17-23)28-16-19-5-2-1-3-6-19;;;/h1-8,13-14,17-18,21,28H,9-12,15-16,26H2;3*1H. The van der Waals surface area contributed by atoms with Crippen LogP contribution in [0, 0.1) is 0 Å². The van der Waals surface area contributed by atoms with E-state index in [1.165, 1.54) is 11.1 Å². The molecule has 1 amide bonds. The summed E-state index contributed by atoms with van der Waals surface area (Å²) in [5.74, 6) is 0.539. The van der Waals surface area contributed by atoms with Crippen molar-refractivity contribution in [3.8, 4) is 0 Å². The van der Waals surface area contributed by atoms with Crippen LogP contribution in [0.5, 0.6) is 0 Å². The highest BCUT2D eigenvalue weighted by Crippen LogP contribution is 2.29. The summed E-state index contributed by atoms with van der Waals surface area (Å²) in [5.41, 5.74) is 11.0. The molecule has 0 unspecified atom stereocenters. The van der Waals surface area contributed by atoms with E-state index >= 15 is 0 Å². The Bertz CT molecular complexity index is 996. The summed E-state index contributed by atoms with van der Waals surface area (Å²) in [5, 5.41) is 3.36. The summed E-state index contributed by atoms with van der Waals surface area (Å²) in [4.78, 5) is 19.2.